The van der Waals surface area contributed by atoms with Crippen molar-refractivity contribution in [2.24, 2.45) is 0 Å². The summed E-state index contributed by atoms with van der Waals surface area (Å²) in [5, 5.41) is 3.75. The molecule has 25 heavy (non-hydrogen) atoms. The molecule has 1 saturated heterocycles. The number of anilines is 1. The minimum Gasteiger partial charge on any atom is -0.491 e. The summed E-state index contributed by atoms with van der Waals surface area (Å²) < 4.78 is 16.9. The highest BCUT2D eigenvalue weighted by atomic mass is 16.5. The van der Waals surface area contributed by atoms with Gasteiger partial charge in [-0.3, -0.25) is 4.79 Å². The Morgan fingerprint density at radius 1 is 1.16 bits per heavy atom. The molecule has 2 aromatic carbocycles. The third kappa shape index (κ3) is 3.67. The molecular weight excluding hydrogens is 318 g/mol. The van der Waals surface area contributed by atoms with Crippen LogP contribution in [0.3, 0.4) is 0 Å². The second-order valence-electron chi connectivity index (χ2n) is 6.08. The van der Waals surface area contributed by atoms with Crippen molar-refractivity contribution in [2.45, 2.75) is 18.9 Å². The van der Waals surface area contributed by atoms with E-state index in [9.17, 15) is 4.79 Å². The van der Waals surface area contributed by atoms with Crippen molar-refractivity contribution >= 4 is 22.6 Å². The normalized spacial score (nSPS) is 16.9. The van der Waals surface area contributed by atoms with Crippen molar-refractivity contribution in [3.63, 3.8) is 0 Å². The first-order valence-corrected chi connectivity index (χ1v) is 8.42. The number of benzene rings is 2. The summed E-state index contributed by atoms with van der Waals surface area (Å²) in [7, 11) is 0. The van der Waals surface area contributed by atoms with Gasteiger partial charge in [-0.25, -0.2) is 0 Å². The zero-order valence-corrected chi connectivity index (χ0v) is 13.7. The first kappa shape index (κ1) is 15.7. The number of ether oxygens (including phenoxy) is 2. The molecule has 3 aromatic rings. The first-order valence-electron chi connectivity index (χ1n) is 8.42. The van der Waals surface area contributed by atoms with Crippen molar-refractivity contribution in [1.29, 1.82) is 0 Å². The summed E-state index contributed by atoms with van der Waals surface area (Å²) in [6, 6.07) is 16.6. The van der Waals surface area contributed by atoms with Gasteiger partial charge in [0.1, 0.15) is 17.9 Å². The smallest absolute Gasteiger partial charge is 0.291 e. The SMILES string of the molecule is O=C(Nc1cccc(OCC2CCCO2)c1)c1cc2ccccc2o1. The van der Waals surface area contributed by atoms with Crippen LogP contribution in [0.25, 0.3) is 11.0 Å². The number of carbonyl (C=O) groups excluding carboxylic acids is 1. The van der Waals surface area contributed by atoms with Crippen molar-refractivity contribution < 1.29 is 18.7 Å². The third-order valence-corrected chi connectivity index (χ3v) is 4.20. The van der Waals surface area contributed by atoms with Crippen LogP contribution in [0.15, 0.2) is 59.0 Å². The number of hydrogen-bond acceptors (Lipinski definition) is 4. The molecule has 0 radical (unpaired) electrons. The molecule has 0 spiro atoms. The molecule has 1 fully saturated rings. The van der Waals surface area contributed by atoms with Crippen LogP contribution in [-0.4, -0.2) is 25.2 Å². The van der Waals surface area contributed by atoms with Crippen LogP contribution in [-0.2, 0) is 4.74 Å². The summed E-state index contributed by atoms with van der Waals surface area (Å²) in [6.07, 6.45) is 2.28. The molecular formula is C20H19NO4. The van der Waals surface area contributed by atoms with Gasteiger partial charge in [-0.1, -0.05) is 24.3 Å². The van der Waals surface area contributed by atoms with E-state index in [0.717, 1.165) is 24.8 Å². The fourth-order valence-corrected chi connectivity index (χ4v) is 2.92. The van der Waals surface area contributed by atoms with Gasteiger partial charge in [-0.2, -0.15) is 0 Å². The molecule has 1 aliphatic rings. The minimum atomic E-state index is -0.285. The molecule has 0 saturated carbocycles. The van der Waals surface area contributed by atoms with Gasteiger partial charge in [0.15, 0.2) is 5.76 Å². The maximum Gasteiger partial charge on any atom is 0.291 e. The zero-order chi connectivity index (χ0) is 17.1. The Morgan fingerprint density at radius 2 is 2.08 bits per heavy atom. The van der Waals surface area contributed by atoms with E-state index in [2.05, 4.69) is 5.32 Å². The van der Waals surface area contributed by atoms with Crippen LogP contribution in [0.2, 0.25) is 0 Å². The average molecular weight is 337 g/mol. The van der Waals surface area contributed by atoms with E-state index in [1.807, 2.05) is 42.5 Å². The molecule has 5 heteroatoms. The van der Waals surface area contributed by atoms with Gasteiger partial charge in [0, 0.05) is 23.7 Å². The molecule has 1 unspecified atom stereocenters. The zero-order valence-electron chi connectivity index (χ0n) is 13.7. The van der Waals surface area contributed by atoms with Gasteiger partial charge in [0.05, 0.1) is 6.10 Å². The van der Waals surface area contributed by atoms with Crippen molar-refractivity contribution in [1.82, 2.24) is 0 Å². The number of para-hydroxylation sites is 1. The molecule has 0 aliphatic carbocycles. The lowest BCUT2D eigenvalue weighted by atomic mass is 10.2. The number of fused-ring (bicyclic) bond motifs is 1. The lowest BCUT2D eigenvalue weighted by Gasteiger charge is -2.12. The van der Waals surface area contributed by atoms with E-state index in [4.69, 9.17) is 13.9 Å². The molecule has 0 bridgehead atoms. The van der Waals surface area contributed by atoms with E-state index in [1.54, 1.807) is 12.1 Å². The highest BCUT2D eigenvalue weighted by Gasteiger charge is 2.16. The molecule has 128 valence electrons. The van der Waals surface area contributed by atoms with Crippen molar-refractivity contribution in [3.8, 4) is 5.75 Å². The molecule has 1 aliphatic heterocycles. The van der Waals surface area contributed by atoms with Crippen LogP contribution >= 0.6 is 0 Å². The monoisotopic (exact) mass is 337 g/mol. The molecule has 1 amide bonds. The molecule has 4 rings (SSSR count). The maximum absolute atomic E-state index is 12.4. The third-order valence-electron chi connectivity index (χ3n) is 4.20. The summed E-state index contributed by atoms with van der Waals surface area (Å²) in [5.74, 6) is 0.706. The quantitative estimate of drug-likeness (QED) is 0.756. The molecule has 2 heterocycles. The molecule has 1 atom stereocenters. The van der Waals surface area contributed by atoms with Gasteiger partial charge in [0.2, 0.25) is 0 Å². The fourth-order valence-electron chi connectivity index (χ4n) is 2.92. The molecule has 5 nitrogen and oxygen atoms in total. The van der Waals surface area contributed by atoms with Gasteiger partial charge in [-0.15, -0.1) is 0 Å². The Hall–Kier alpha value is -2.79. The van der Waals surface area contributed by atoms with E-state index in [-0.39, 0.29) is 17.8 Å². The van der Waals surface area contributed by atoms with Gasteiger partial charge in [-0.05, 0) is 37.1 Å². The Morgan fingerprint density at radius 3 is 2.92 bits per heavy atom. The first-order chi connectivity index (χ1) is 12.3. The minimum absolute atomic E-state index is 0.161. The molecule has 1 N–H and O–H groups in total. The highest BCUT2D eigenvalue weighted by Crippen LogP contribution is 2.22. The predicted octanol–water partition coefficient (Wildman–Crippen LogP) is 4.24. The van der Waals surface area contributed by atoms with Crippen LogP contribution in [0, 0.1) is 0 Å². The Balaban J connectivity index is 1.42. The number of rotatable bonds is 5. The summed E-state index contributed by atoms with van der Waals surface area (Å²) in [4.78, 5) is 12.4. The van der Waals surface area contributed by atoms with Gasteiger partial charge >= 0.3 is 0 Å². The topological polar surface area (TPSA) is 60.7 Å². The number of furan rings is 1. The van der Waals surface area contributed by atoms with E-state index >= 15 is 0 Å². The van der Waals surface area contributed by atoms with Gasteiger partial charge < -0.3 is 19.2 Å². The fraction of sp³-hybridized carbons (Fsp3) is 0.250. The predicted molar refractivity (Wildman–Crippen MR) is 95.1 cm³/mol. The van der Waals surface area contributed by atoms with E-state index < -0.39 is 0 Å². The Bertz CT molecular complexity index is 847. The standard InChI is InChI=1S/C20H19NO4/c22-20(19-11-14-5-1-2-9-18(14)25-19)21-15-6-3-7-16(12-15)24-13-17-8-4-10-23-17/h1-3,5-7,9,11-12,17H,4,8,10,13H2,(H,21,22). The lowest BCUT2D eigenvalue weighted by Crippen LogP contribution is -2.16. The average Bonchev–Trinajstić information content (AvgIpc) is 3.29. The van der Waals surface area contributed by atoms with Crippen LogP contribution in [0.1, 0.15) is 23.4 Å². The number of carbonyl (C=O) groups is 1. The van der Waals surface area contributed by atoms with Crippen LogP contribution in [0.4, 0.5) is 5.69 Å². The summed E-state index contributed by atoms with van der Waals surface area (Å²) >= 11 is 0. The number of nitrogens with one attached hydrogen (secondary N) is 1. The Kier molecular flexibility index (Phi) is 4.39. The second kappa shape index (κ2) is 6.99. The number of amides is 1. The summed E-state index contributed by atoms with van der Waals surface area (Å²) in [5.41, 5.74) is 1.36. The van der Waals surface area contributed by atoms with Crippen molar-refractivity contribution in [2.75, 3.05) is 18.5 Å². The lowest BCUT2D eigenvalue weighted by molar-refractivity contribution is 0.0680. The number of hydrogen-bond donors (Lipinski definition) is 1. The van der Waals surface area contributed by atoms with E-state index in [0.29, 0.717) is 23.6 Å². The summed E-state index contributed by atoms with van der Waals surface area (Å²) in [6.45, 7) is 1.34. The van der Waals surface area contributed by atoms with Crippen molar-refractivity contribution in [3.05, 3.63) is 60.4 Å². The highest BCUT2D eigenvalue weighted by molar-refractivity contribution is 6.04. The van der Waals surface area contributed by atoms with Gasteiger partial charge in [0.25, 0.3) is 5.91 Å². The van der Waals surface area contributed by atoms with E-state index in [1.165, 1.54) is 0 Å². The second-order valence-corrected chi connectivity index (χ2v) is 6.08. The van der Waals surface area contributed by atoms with Crippen LogP contribution in [0.5, 0.6) is 5.75 Å². The van der Waals surface area contributed by atoms with Crippen LogP contribution < -0.4 is 10.1 Å². The largest absolute Gasteiger partial charge is 0.491 e. The molecule has 1 aromatic heterocycles. The maximum atomic E-state index is 12.4. The Labute approximate surface area is 145 Å².